The quantitative estimate of drug-likeness (QED) is 0.187. The van der Waals surface area contributed by atoms with Crippen molar-refractivity contribution in [1.29, 1.82) is 0 Å². The van der Waals surface area contributed by atoms with Crippen molar-refractivity contribution in [1.82, 2.24) is 13.7 Å². The molecule has 1 heterocycles. The fourth-order valence-corrected chi connectivity index (χ4v) is 2.82. The van der Waals surface area contributed by atoms with E-state index in [1.165, 1.54) is 0 Å². The summed E-state index contributed by atoms with van der Waals surface area (Å²) in [5.74, 6) is 0. The molecule has 1 aromatic rings. The van der Waals surface area contributed by atoms with Crippen LogP contribution >= 0.6 is 0 Å². The van der Waals surface area contributed by atoms with Crippen molar-refractivity contribution in [2.45, 2.75) is 59.3 Å². The Morgan fingerprint density at radius 3 is 0.949 bits per heavy atom. The van der Waals surface area contributed by atoms with Crippen molar-refractivity contribution in [2.75, 3.05) is 59.5 Å². The van der Waals surface area contributed by atoms with E-state index in [2.05, 4.69) is 0 Å². The Labute approximate surface area is 225 Å². The Morgan fingerprint density at radius 1 is 0.462 bits per heavy atom. The van der Waals surface area contributed by atoms with Crippen molar-refractivity contribution in [3.05, 3.63) is 31.5 Å². The van der Waals surface area contributed by atoms with Crippen molar-refractivity contribution in [2.24, 2.45) is 0 Å². The molecular formula is C24H39N3O12. The second-order valence-corrected chi connectivity index (χ2v) is 8.09. The van der Waals surface area contributed by atoms with Gasteiger partial charge in [0.1, 0.15) is 19.8 Å². The third kappa shape index (κ3) is 11.5. The molecule has 0 saturated heterocycles. The van der Waals surface area contributed by atoms with Gasteiger partial charge < -0.3 is 28.4 Å². The first-order valence-corrected chi connectivity index (χ1v) is 13.1. The summed E-state index contributed by atoms with van der Waals surface area (Å²) in [7, 11) is 0. The van der Waals surface area contributed by atoms with E-state index in [-0.39, 0.29) is 53.3 Å². The fraction of sp³-hybridized carbons (Fsp3) is 0.750. The highest BCUT2D eigenvalue weighted by molar-refractivity contribution is 5.75. The van der Waals surface area contributed by atoms with Crippen molar-refractivity contribution in [3.63, 3.8) is 0 Å². The lowest BCUT2D eigenvalue weighted by Gasteiger charge is -2.12. The summed E-state index contributed by atoms with van der Waals surface area (Å²) >= 11 is 0. The maximum absolute atomic E-state index is 12.9. The minimum atomic E-state index is -1.68. The van der Waals surface area contributed by atoms with Crippen LogP contribution in [0.5, 0.6) is 0 Å². The Hall–Kier alpha value is -3.30. The molecule has 0 spiro atoms. The summed E-state index contributed by atoms with van der Waals surface area (Å²) in [6.07, 6.45) is 0.407. The maximum atomic E-state index is 12.9. The van der Waals surface area contributed by atoms with Gasteiger partial charge in [0.05, 0.1) is 19.8 Å². The first-order chi connectivity index (χ1) is 18.8. The number of hydrogen-bond acceptors (Lipinski definition) is 12. The summed E-state index contributed by atoms with van der Waals surface area (Å²) < 4.78 is 29.8. The number of ether oxygens (including phenoxy) is 6. The lowest BCUT2D eigenvalue weighted by Crippen LogP contribution is -2.60. The molecule has 0 N–H and O–H groups in total. The van der Waals surface area contributed by atoms with Crippen LogP contribution in [0, 0.1) is 0 Å². The van der Waals surface area contributed by atoms with Gasteiger partial charge in [-0.15, -0.1) is 13.7 Å². The highest BCUT2D eigenvalue weighted by atomic mass is 16.6. The zero-order valence-corrected chi connectivity index (χ0v) is 22.8. The van der Waals surface area contributed by atoms with Crippen molar-refractivity contribution >= 4 is 18.3 Å². The second-order valence-electron chi connectivity index (χ2n) is 8.09. The normalized spacial score (nSPS) is 10.8. The van der Waals surface area contributed by atoms with Crippen LogP contribution in [0.2, 0.25) is 0 Å². The van der Waals surface area contributed by atoms with Crippen LogP contribution in [0.25, 0.3) is 0 Å². The SMILES string of the molecule is CCCCOCCOC(=O)n1c(=O)n(C(=O)OCCOCCCC)c(=O)n(C(=O)OCCOCCCC)c1=O. The predicted molar refractivity (Wildman–Crippen MR) is 137 cm³/mol. The van der Waals surface area contributed by atoms with Gasteiger partial charge in [0.2, 0.25) is 0 Å². The fourth-order valence-electron chi connectivity index (χ4n) is 2.82. The molecule has 0 aliphatic heterocycles. The number of carbonyl (C=O) groups is 3. The topological polar surface area (TPSA) is 173 Å². The van der Waals surface area contributed by atoms with Gasteiger partial charge in [-0.2, -0.15) is 0 Å². The smallest absolute Gasteiger partial charge is 0.426 e. The van der Waals surface area contributed by atoms with E-state index in [1.807, 2.05) is 20.8 Å². The Balaban J connectivity index is 3.17. The predicted octanol–water partition coefficient (Wildman–Crippen LogP) is 1.58. The number of aromatic nitrogens is 3. The van der Waals surface area contributed by atoms with Gasteiger partial charge in [0, 0.05) is 19.8 Å². The lowest BCUT2D eigenvalue weighted by atomic mass is 10.4. The number of carbonyl (C=O) groups excluding carboxylic acids is 3. The standard InChI is InChI=1S/C24H39N3O12/c1-4-7-10-34-13-16-37-22(31)25-19(28)26(23(32)38-17-14-35-11-8-5-2)21(30)27(20(25)29)24(33)39-18-15-36-12-9-6-3/h4-18H2,1-3H3. The number of nitrogens with zero attached hydrogens (tertiary/aromatic N) is 3. The summed E-state index contributed by atoms with van der Waals surface area (Å²) in [5.41, 5.74) is -5.03. The molecule has 0 fully saturated rings. The molecule has 0 saturated carbocycles. The van der Waals surface area contributed by atoms with E-state index in [9.17, 15) is 28.8 Å². The average molecular weight is 562 g/mol. The van der Waals surface area contributed by atoms with Gasteiger partial charge in [-0.25, -0.2) is 28.8 Å². The number of hydrogen-bond donors (Lipinski definition) is 0. The molecule has 0 atom stereocenters. The molecule has 1 aromatic heterocycles. The molecule has 15 heteroatoms. The van der Waals surface area contributed by atoms with E-state index < -0.39 is 35.3 Å². The largest absolute Gasteiger partial charge is 0.446 e. The molecule has 39 heavy (non-hydrogen) atoms. The van der Waals surface area contributed by atoms with Gasteiger partial charge in [-0.05, 0) is 19.3 Å². The maximum Gasteiger partial charge on any atom is 0.426 e. The third-order valence-electron chi connectivity index (χ3n) is 4.98. The average Bonchev–Trinajstić information content (AvgIpc) is 2.90. The first kappa shape index (κ1) is 33.7. The minimum Gasteiger partial charge on any atom is -0.446 e. The van der Waals surface area contributed by atoms with Crippen LogP contribution in [-0.4, -0.2) is 91.4 Å². The molecule has 0 unspecified atom stereocenters. The lowest BCUT2D eigenvalue weighted by molar-refractivity contribution is 0.0658. The zero-order chi connectivity index (χ0) is 29.0. The summed E-state index contributed by atoms with van der Waals surface area (Å²) in [5, 5.41) is 0. The minimum absolute atomic E-state index is 0.0333. The van der Waals surface area contributed by atoms with Gasteiger partial charge in [-0.3, -0.25) is 0 Å². The van der Waals surface area contributed by atoms with Crippen LogP contribution in [0.4, 0.5) is 14.4 Å². The highest BCUT2D eigenvalue weighted by Gasteiger charge is 2.29. The first-order valence-electron chi connectivity index (χ1n) is 13.1. The van der Waals surface area contributed by atoms with Gasteiger partial charge >= 0.3 is 35.3 Å². The molecule has 0 aliphatic carbocycles. The van der Waals surface area contributed by atoms with E-state index in [1.54, 1.807) is 0 Å². The molecular weight excluding hydrogens is 522 g/mol. The molecule has 0 bridgehead atoms. The van der Waals surface area contributed by atoms with E-state index in [4.69, 9.17) is 28.4 Å². The second kappa shape index (κ2) is 19.7. The molecule has 222 valence electrons. The third-order valence-corrected chi connectivity index (χ3v) is 4.98. The van der Waals surface area contributed by atoms with E-state index in [0.29, 0.717) is 19.8 Å². The van der Waals surface area contributed by atoms with Gasteiger partial charge in [-0.1, -0.05) is 40.0 Å². The molecule has 0 amide bonds. The van der Waals surface area contributed by atoms with Crippen LogP contribution < -0.4 is 17.1 Å². The van der Waals surface area contributed by atoms with Crippen LogP contribution in [-0.2, 0) is 28.4 Å². The Kier molecular flexibility index (Phi) is 17.1. The molecule has 0 aliphatic rings. The van der Waals surface area contributed by atoms with E-state index >= 15 is 0 Å². The highest BCUT2D eigenvalue weighted by Crippen LogP contribution is 1.93. The molecule has 15 nitrogen and oxygen atoms in total. The summed E-state index contributed by atoms with van der Waals surface area (Å²) in [6, 6.07) is 0. The van der Waals surface area contributed by atoms with Crippen LogP contribution in [0.1, 0.15) is 59.3 Å². The summed E-state index contributed by atoms with van der Waals surface area (Å²) in [6.45, 7) is 6.00. The zero-order valence-electron chi connectivity index (χ0n) is 22.8. The monoisotopic (exact) mass is 561 g/mol. The van der Waals surface area contributed by atoms with Crippen LogP contribution in [0.3, 0.4) is 0 Å². The number of rotatable bonds is 18. The molecule has 0 radical (unpaired) electrons. The number of unbranched alkanes of at least 4 members (excludes halogenated alkanes) is 3. The van der Waals surface area contributed by atoms with Gasteiger partial charge in [0.25, 0.3) is 0 Å². The summed E-state index contributed by atoms with van der Waals surface area (Å²) in [4.78, 5) is 76.3. The molecule has 0 aromatic carbocycles. The Bertz CT molecular complexity index is 912. The van der Waals surface area contributed by atoms with Gasteiger partial charge in [0.15, 0.2) is 0 Å². The Morgan fingerprint density at radius 2 is 0.718 bits per heavy atom. The van der Waals surface area contributed by atoms with E-state index in [0.717, 1.165) is 38.5 Å². The van der Waals surface area contributed by atoms with Crippen molar-refractivity contribution < 1.29 is 42.8 Å². The van der Waals surface area contributed by atoms with Crippen LogP contribution in [0.15, 0.2) is 14.4 Å². The molecule has 1 rings (SSSR count). The van der Waals surface area contributed by atoms with Crippen molar-refractivity contribution in [3.8, 4) is 0 Å².